The Balaban J connectivity index is 0. The molecule has 13 heavy (non-hydrogen) atoms. The fraction of sp³-hybridized carbons (Fsp3) is 0.444. The van der Waals surface area contributed by atoms with Crippen molar-refractivity contribution in [1.82, 2.24) is 15.3 Å². The summed E-state index contributed by atoms with van der Waals surface area (Å²) < 4.78 is 0. The van der Waals surface area contributed by atoms with Crippen molar-refractivity contribution >= 4 is 5.91 Å². The van der Waals surface area contributed by atoms with Crippen molar-refractivity contribution in [2.75, 3.05) is 7.05 Å². The monoisotopic (exact) mass is 183 g/mol. The third kappa shape index (κ3) is 18.0. The second-order valence-corrected chi connectivity index (χ2v) is 1.71. The van der Waals surface area contributed by atoms with Crippen molar-refractivity contribution in [3.05, 3.63) is 24.8 Å². The van der Waals surface area contributed by atoms with Gasteiger partial charge in [-0.05, 0) is 6.07 Å². The molecule has 0 aliphatic rings. The van der Waals surface area contributed by atoms with E-state index in [4.69, 9.17) is 0 Å². The van der Waals surface area contributed by atoms with Gasteiger partial charge >= 0.3 is 0 Å². The van der Waals surface area contributed by atoms with E-state index in [1.165, 1.54) is 13.3 Å². The predicted molar refractivity (Wildman–Crippen MR) is 53.1 cm³/mol. The minimum absolute atomic E-state index is 0.00463. The highest BCUT2D eigenvalue weighted by molar-refractivity contribution is 5.72. The highest BCUT2D eigenvalue weighted by Gasteiger charge is 1.72. The highest BCUT2D eigenvalue weighted by Crippen LogP contribution is 1.66. The number of rotatable bonds is 0. The minimum Gasteiger partial charge on any atom is -0.359 e. The lowest BCUT2D eigenvalue weighted by molar-refractivity contribution is -0.118. The van der Waals surface area contributed by atoms with Crippen molar-refractivity contribution in [2.45, 2.75) is 20.8 Å². The molecule has 1 aromatic heterocycles. The molecule has 0 saturated heterocycles. The van der Waals surface area contributed by atoms with E-state index in [1.54, 1.807) is 25.5 Å². The molecule has 74 valence electrons. The molecule has 0 aromatic carbocycles. The van der Waals surface area contributed by atoms with Crippen LogP contribution in [0.15, 0.2) is 24.8 Å². The number of amides is 1. The number of aromatic nitrogens is 2. The van der Waals surface area contributed by atoms with Gasteiger partial charge in [0.2, 0.25) is 5.91 Å². The van der Waals surface area contributed by atoms with E-state index in [1.807, 2.05) is 13.8 Å². The van der Waals surface area contributed by atoms with E-state index >= 15 is 0 Å². The highest BCUT2D eigenvalue weighted by atomic mass is 16.1. The maximum absolute atomic E-state index is 9.70. The van der Waals surface area contributed by atoms with Crippen LogP contribution in [0, 0.1) is 0 Å². The Hall–Kier alpha value is -1.45. The van der Waals surface area contributed by atoms with Gasteiger partial charge in [0.05, 0.1) is 0 Å². The smallest absolute Gasteiger partial charge is 0.216 e. The van der Waals surface area contributed by atoms with E-state index in [2.05, 4.69) is 15.3 Å². The number of nitrogens with one attached hydrogen (secondary N) is 1. The van der Waals surface area contributed by atoms with Crippen molar-refractivity contribution in [1.29, 1.82) is 0 Å². The fourth-order valence-corrected chi connectivity index (χ4v) is 0.253. The average molecular weight is 183 g/mol. The Labute approximate surface area is 79.4 Å². The van der Waals surface area contributed by atoms with Crippen molar-refractivity contribution in [3.8, 4) is 0 Å². The van der Waals surface area contributed by atoms with Gasteiger partial charge in [0.1, 0.15) is 6.33 Å². The summed E-state index contributed by atoms with van der Waals surface area (Å²) in [5.74, 6) is 0.00463. The van der Waals surface area contributed by atoms with Crippen LogP contribution in [-0.2, 0) is 4.79 Å². The second-order valence-electron chi connectivity index (χ2n) is 1.71. The standard InChI is InChI=1S/C4H4N2.C3H7NO.C2H6/c1-2-5-4-6-3-1;1-3(5)4-2;1-2/h1-4H;1-2H3,(H,4,5);1-2H3. The lowest BCUT2D eigenvalue weighted by Crippen LogP contribution is -2.11. The molecule has 0 atom stereocenters. The van der Waals surface area contributed by atoms with Crippen molar-refractivity contribution < 1.29 is 4.79 Å². The van der Waals surface area contributed by atoms with Crippen LogP contribution in [0.1, 0.15) is 20.8 Å². The first-order valence-corrected chi connectivity index (χ1v) is 4.15. The predicted octanol–water partition coefficient (Wildman–Crippen LogP) is 1.26. The Bertz CT molecular complexity index is 163. The number of hydrogen-bond acceptors (Lipinski definition) is 3. The van der Waals surface area contributed by atoms with Crippen LogP contribution in [0.3, 0.4) is 0 Å². The zero-order valence-electron chi connectivity index (χ0n) is 8.61. The molecule has 4 heteroatoms. The summed E-state index contributed by atoms with van der Waals surface area (Å²) in [6, 6.07) is 1.78. The number of nitrogens with zero attached hydrogens (tertiary/aromatic N) is 2. The number of hydrogen-bond donors (Lipinski definition) is 1. The minimum atomic E-state index is 0.00463. The summed E-state index contributed by atoms with van der Waals surface area (Å²) in [5, 5.41) is 2.39. The molecule has 0 fully saturated rings. The molecule has 0 bridgehead atoms. The molecular formula is C9H17N3O. The zero-order chi connectivity index (χ0) is 10.5. The molecule has 0 saturated carbocycles. The Morgan fingerprint density at radius 1 is 1.23 bits per heavy atom. The van der Waals surface area contributed by atoms with Gasteiger partial charge in [-0.25, -0.2) is 9.97 Å². The van der Waals surface area contributed by atoms with E-state index in [9.17, 15) is 4.79 Å². The first-order valence-electron chi connectivity index (χ1n) is 4.15. The molecule has 0 spiro atoms. The molecular weight excluding hydrogens is 166 g/mol. The largest absolute Gasteiger partial charge is 0.359 e. The van der Waals surface area contributed by atoms with Gasteiger partial charge in [0.25, 0.3) is 0 Å². The van der Waals surface area contributed by atoms with Gasteiger partial charge in [-0.1, -0.05) is 13.8 Å². The molecule has 4 nitrogen and oxygen atoms in total. The van der Waals surface area contributed by atoms with Crippen molar-refractivity contribution in [3.63, 3.8) is 0 Å². The third-order valence-electron chi connectivity index (χ3n) is 0.830. The summed E-state index contributed by atoms with van der Waals surface area (Å²) in [6.07, 6.45) is 4.88. The molecule has 0 aliphatic carbocycles. The molecule has 1 amide bonds. The van der Waals surface area contributed by atoms with E-state index in [0.717, 1.165) is 0 Å². The molecule has 0 radical (unpaired) electrons. The molecule has 1 N–H and O–H groups in total. The number of carbonyl (C=O) groups excluding carboxylic acids is 1. The maximum Gasteiger partial charge on any atom is 0.216 e. The average Bonchev–Trinajstić information content (AvgIpc) is 2.24. The van der Waals surface area contributed by atoms with Crippen LogP contribution in [0.4, 0.5) is 0 Å². The SMILES string of the molecule is CC.CNC(C)=O.c1cncnc1. The Morgan fingerprint density at radius 2 is 1.62 bits per heavy atom. The lowest BCUT2D eigenvalue weighted by Gasteiger charge is -1.80. The van der Waals surface area contributed by atoms with Gasteiger partial charge in [-0.15, -0.1) is 0 Å². The lowest BCUT2D eigenvalue weighted by atomic mass is 10.7. The quantitative estimate of drug-likeness (QED) is 0.658. The van der Waals surface area contributed by atoms with E-state index in [0.29, 0.717) is 0 Å². The van der Waals surface area contributed by atoms with Gasteiger partial charge in [-0.2, -0.15) is 0 Å². The molecule has 1 aromatic rings. The topological polar surface area (TPSA) is 54.9 Å². The molecule has 1 heterocycles. The van der Waals surface area contributed by atoms with Crippen LogP contribution in [0.2, 0.25) is 0 Å². The third-order valence-corrected chi connectivity index (χ3v) is 0.830. The van der Waals surface area contributed by atoms with Crippen LogP contribution < -0.4 is 5.32 Å². The van der Waals surface area contributed by atoms with Crippen LogP contribution in [0.25, 0.3) is 0 Å². The van der Waals surface area contributed by atoms with Gasteiger partial charge in [0, 0.05) is 26.4 Å². The van der Waals surface area contributed by atoms with Gasteiger partial charge < -0.3 is 5.32 Å². The van der Waals surface area contributed by atoms with Crippen LogP contribution >= 0.6 is 0 Å². The molecule has 0 unspecified atom stereocenters. The summed E-state index contributed by atoms with van der Waals surface area (Å²) in [5.41, 5.74) is 0. The molecule has 0 aliphatic heterocycles. The zero-order valence-corrected chi connectivity index (χ0v) is 8.61. The van der Waals surface area contributed by atoms with Crippen LogP contribution in [0.5, 0.6) is 0 Å². The molecule has 1 rings (SSSR count). The maximum atomic E-state index is 9.70. The number of carbonyl (C=O) groups is 1. The summed E-state index contributed by atoms with van der Waals surface area (Å²) in [6.45, 7) is 5.47. The normalized spacial score (nSPS) is 6.77. The summed E-state index contributed by atoms with van der Waals surface area (Å²) in [4.78, 5) is 17.0. The van der Waals surface area contributed by atoms with Crippen LogP contribution in [-0.4, -0.2) is 22.9 Å². The first kappa shape index (κ1) is 14.1. The Kier molecular flexibility index (Phi) is 14.3. The van der Waals surface area contributed by atoms with Crippen molar-refractivity contribution in [2.24, 2.45) is 0 Å². The van der Waals surface area contributed by atoms with E-state index in [-0.39, 0.29) is 5.91 Å². The summed E-state index contributed by atoms with van der Waals surface area (Å²) in [7, 11) is 1.60. The fourth-order valence-electron chi connectivity index (χ4n) is 0.253. The summed E-state index contributed by atoms with van der Waals surface area (Å²) >= 11 is 0. The van der Waals surface area contributed by atoms with Gasteiger partial charge in [0.15, 0.2) is 0 Å². The van der Waals surface area contributed by atoms with Gasteiger partial charge in [-0.3, -0.25) is 4.79 Å². The first-order chi connectivity index (χ1) is 6.27. The van der Waals surface area contributed by atoms with E-state index < -0.39 is 0 Å². The second kappa shape index (κ2) is 13.2. The Morgan fingerprint density at radius 3 is 1.69 bits per heavy atom.